The van der Waals surface area contributed by atoms with Gasteiger partial charge >= 0.3 is 0 Å². The lowest BCUT2D eigenvalue weighted by Gasteiger charge is -2.16. The predicted octanol–water partition coefficient (Wildman–Crippen LogP) is 2.01. The summed E-state index contributed by atoms with van der Waals surface area (Å²) in [6.07, 6.45) is 0.960. The minimum atomic E-state index is 0.448. The van der Waals surface area contributed by atoms with Crippen molar-refractivity contribution in [1.29, 1.82) is 0 Å². The maximum Gasteiger partial charge on any atom is 0.199 e. The molecule has 1 aromatic carbocycles. The van der Waals surface area contributed by atoms with Gasteiger partial charge in [0, 0.05) is 36.1 Å². The van der Waals surface area contributed by atoms with Gasteiger partial charge in [0.2, 0.25) is 0 Å². The number of hydrogen-bond donors (Lipinski definition) is 2. The summed E-state index contributed by atoms with van der Waals surface area (Å²) in [5.74, 6) is 0.448. The average molecular weight is 216 g/mol. The van der Waals surface area contributed by atoms with Crippen LogP contribution in [0, 0.1) is 0 Å². The van der Waals surface area contributed by atoms with Crippen molar-refractivity contribution in [3.05, 3.63) is 29.5 Å². The highest BCUT2D eigenvalue weighted by Gasteiger charge is 2.19. The molecule has 2 aromatic rings. The van der Waals surface area contributed by atoms with Crippen molar-refractivity contribution in [1.82, 2.24) is 9.88 Å². The van der Waals surface area contributed by atoms with Crippen LogP contribution in [0.2, 0.25) is 0 Å². The minimum Gasteiger partial charge on any atom is -0.494 e. The predicted molar refractivity (Wildman–Crippen MR) is 64.7 cm³/mol. The zero-order valence-electron chi connectivity index (χ0n) is 9.45. The number of fused-ring (bicyclic) bond motifs is 3. The zero-order chi connectivity index (χ0) is 11.1. The van der Waals surface area contributed by atoms with Crippen LogP contribution in [0.3, 0.4) is 0 Å². The van der Waals surface area contributed by atoms with Crippen LogP contribution in [-0.2, 0) is 19.5 Å². The molecule has 1 aromatic heterocycles. The van der Waals surface area contributed by atoms with E-state index in [0.29, 0.717) is 5.88 Å². The maximum absolute atomic E-state index is 10.3. The van der Waals surface area contributed by atoms with Gasteiger partial charge in [0.25, 0.3) is 0 Å². The lowest BCUT2D eigenvalue weighted by Crippen LogP contribution is -2.27. The van der Waals surface area contributed by atoms with Gasteiger partial charge in [-0.05, 0) is 12.0 Å². The molecule has 0 aliphatic carbocycles. The van der Waals surface area contributed by atoms with Crippen molar-refractivity contribution in [3.63, 3.8) is 0 Å². The highest BCUT2D eigenvalue weighted by atomic mass is 16.3. The van der Waals surface area contributed by atoms with E-state index in [1.807, 2.05) is 4.57 Å². The van der Waals surface area contributed by atoms with E-state index in [4.69, 9.17) is 0 Å². The fraction of sp³-hybridized carbons (Fsp3) is 0.385. The first-order valence-electron chi connectivity index (χ1n) is 5.85. The summed E-state index contributed by atoms with van der Waals surface area (Å²) >= 11 is 0. The number of aromatic nitrogens is 1. The number of benzene rings is 1. The third-order valence-electron chi connectivity index (χ3n) is 3.45. The van der Waals surface area contributed by atoms with Crippen LogP contribution in [0.4, 0.5) is 0 Å². The van der Waals surface area contributed by atoms with Crippen LogP contribution in [0.1, 0.15) is 18.2 Å². The van der Waals surface area contributed by atoms with Crippen molar-refractivity contribution in [2.24, 2.45) is 0 Å². The molecule has 84 valence electrons. The fourth-order valence-corrected chi connectivity index (χ4v) is 2.64. The largest absolute Gasteiger partial charge is 0.494 e. The molecule has 0 unspecified atom stereocenters. The first kappa shape index (κ1) is 9.73. The van der Waals surface area contributed by atoms with Crippen LogP contribution in [0.25, 0.3) is 10.8 Å². The Bertz CT molecular complexity index is 542. The van der Waals surface area contributed by atoms with Gasteiger partial charge in [0.15, 0.2) is 5.88 Å². The van der Waals surface area contributed by atoms with Gasteiger partial charge in [0.05, 0.1) is 0 Å². The molecule has 0 atom stereocenters. The molecule has 0 radical (unpaired) electrons. The van der Waals surface area contributed by atoms with Gasteiger partial charge < -0.3 is 15.0 Å². The van der Waals surface area contributed by atoms with Crippen molar-refractivity contribution in [3.8, 4) is 5.88 Å². The van der Waals surface area contributed by atoms with E-state index >= 15 is 0 Å². The maximum atomic E-state index is 10.3. The van der Waals surface area contributed by atoms with Gasteiger partial charge in [0.1, 0.15) is 0 Å². The van der Waals surface area contributed by atoms with Crippen molar-refractivity contribution >= 4 is 10.8 Å². The standard InChI is InChI=1S/C13H16N2O/c1-2-9-4-3-5-10-11-8-14-6-7-15(11)13(16)12(9)10/h3-5,14,16H,2,6-8H2,1H3. The van der Waals surface area contributed by atoms with Crippen LogP contribution < -0.4 is 5.32 Å². The van der Waals surface area contributed by atoms with Gasteiger partial charge in [-0.15, -0.1) is 0 Å². The minimum absolute atomic E-state index is 0.448. The molecule has 16 heavy (non-hydrogen) atoms. The summed E-state index contributed by atoms with van der Waals surface area (Å²) in [5, 5.41) is 15.9. The van der Waals surface area contributed by atoms with E-state index in [2.05, 4.69) is 30.4 Å². The van der Waals surface area contributed by atoms with E-state index in [1.165, 1.54) is 16.6 Å². The van der Waals surface area contributed by atoms with Crippen molar-refractivity contribution < 1.29 is 5.11 Å². The molecule has 3 nitrogen and oxygen atoms in total. The summed E-state index contributed by atoms with van der Waals surface area (Å²) in [5.41, 5.74) is 2.45. The average Bonchev–Trinajstić information content (AvgIpc) is 2.64. The fourth-order valence-electron chi connectivity index (χ4n) is 2.64. The number of hydrogen-bond acceptors (Lipinski definition) is 2. The molecule has 0 saturated carbocycles. The molecular formula is C13H16N2O. The van der Waals surface area contributed by atoms with Crippen LogP contribution in [0.15, 0.2) is 18.2 Å². The molecule has 2 heterocycles. The molecule has 1 aliphatic heterocycles. The molecular weight excluding hydrogens is 200 g/mol. The van der Waals surface area contributed by atoms with E-state index < -0.39 is 0 Å². The number of aromatic hydroxyl groups is 1. The topological polar surface area (TPSA) is 37.2 Å². The number of nitrogens with zero attached hydrogens (tertiary/aromatic N) is 1. The lowest BCUT2D eigenvalue weighted by atomic mass is 10.1. The number of rotatable bonds is 1. The SMILES string of the molecule is CCc1cccc2c3n(c(O)c12)CCNC3. The first-order valence-corrected chi connectivity index (χ1v) is 5.85. The summed E-state index contributed by atoms with van der Waals surface area (Å²) < 4.78 is 2.04. The van der Waals surface area contributed by atoms with E-state index in [0.717, 1.165) is 31.4 Å². The van der Waals surface area contributed by atoms with E-state index in [1.54, 1.807) is 0 Å². The highest BCUT2D eigenvalue weighted by molar-refractivity contribution is 5.93. The monoisotopic (exact) mass is 216 g/mol. The molecule has 0 spiro atoms. The highest BCUT2D eigenvalue weighted by Crippen LogP contribution is 2.35. The summed E-state index contributed by atoms with van der Waals surface area (Å²) in [6.45, 7) is 4.77. The van der Waals surface area contributed by atoms with E-state index in [9.17, 15) is 5.11 Å². The molecule has 2 N–H and O–H groups in total. The van der Waals surface area contributed by atoms with Gasteiger partial charge in [-0.25, -0.2) is 0 Å². The second-order valence-corrected chi connectivity index (χ2v) is 4.29. The molecule has 0 bridgehead atoms. The summed E-state index contributed by atoms with van der Waals surface area (Å²) in [6, 6.07) is 6.28. The summed E-state index contributed by atoms with van der Waals surface area (Å²) in [7, 11) is 0. The molecule has 1 aliphatic rings. The smallest absolute Gasteiger partial charge is 0.199 e. The summed E-state index contributed by atoms with van der Waals surface area (Å²) in [4.78, 5) is 0. The Kier molecular flexibility index (Phi) is 2.14. The number of nitrogens with one attached hydrogen (secondary N) is 1. The molecule has 0 amide bonds. The normalized spacial score (nSPS) is 15.3. The van der Waals surface area contributed by atoms with Crippen LogP contribution >= 0.6 is 0 Å². The van der Waals surface area contributed by atoms with Gasteiger partial charge in [-0.1, -0.05) is 25.1 Å². The van der Waals surface area contributed by atoms with Gasteiger partial charge in [-0.3, -0.25) is 0 Å². The zero-order valence-corrected chi connectivity index (χ0v) is 9.45. The van der Waals surface area contributed by atoms with Crippen LogP contribution in [-0.4, -0.2) is 16.2 Å². The van der Waals surface area contributed by atoms with Crippen molar-refractivity contribution in [2.45, 2.75) is 26.4 Å². The Balaban J connectivity index is 2.39. The Labute approximate surface area is 94.7 Å². The van der Waals surface area contributed by atoms with Crippen LogP contribution in [0.5, 0.6) is 5.88 Å². The Morgan fingerprint density at radius 1 is 1.44 bits per heavy atom. The second-order valence-electron chi connectivity index (χ2n) is 4.29. The third-order valence-corrected chi connectivity index (χ3v) is 3.45. The van der Waals surface area contributed by atoms with E-state index in [-0.39, 0.29) is 0 Å². The molecule has 3 heteroatoms. The Morgan fingerprint density at radius 3 is 3.12 bits per heavy atom. The van der Waals surface area contributed by atoms with Crippen molar-refractivity contribution in [2.75, 3.05) is 6.54 Å². The quantitative estimate of drug-likeness (QED) is 0.765. The van der Waals surface area contributed by atoms with Gasteiger partial charge in [-0.2, -0.15) is 0 Å². The molecule has 0 saturated heterocycles. The Morgan fingerprint density at radius 2 is 2.31 bits per heavy atom. The second kappa shape index (κ2) is 3.52. The molecule has 0 fully saturated rings. The Hall–Kier alpha value is -1.48. The lowest BCUT2D eigenvalue weighted by molar-refractivity contribution is 0.396. The first-order chi connectivity index (χ1) is 7.83. The third kappa shape index (κ3) is 1.18. The number of aryl methyl sites for hydroxylation is 1. The molecule has 3 rings (SSSR count).